The molecule has 3 aliphatic rings. The summed E-state index contributed by atoms with van der Waals surface area (Å²) in [5.74, 6) is 3.52. The van der Waals surface area contributed by atoms with E-state index in [0.717, 1.165) is 25.7 Å². The predicted molar refractivity (Wildman–Crippen MR) is 110 cm³/mol. The standard InChI is InChI=1S/C22H34N2OS/c1-14-8-9-22(24-13-26)16(3)6-7-18-15(2)10-17(19(14)20(18)22)11-21(4,5)23-12-25/h12,15-20H,1,6-11H2,2-5H3,(H,23,25)/t15-,16-,17-,18+,19-,20-,22-/m0/s1. The third-order valence-corrected chi connectivity index (χ3v) is 8.01. The van der Waals surface area contributed by atoms with Gasteiger partial charge in [0.1, 0.15) is 0 Å². The topological polar surface area (TPSA) is 41.5 Å². The van der Waals surface area contributed by atoms with Crippen LogP contribution in [0, 0.1) is 35.5 Å². The Balaban J connectivity index is 2.01. The minimum atomic E-state index is -0.187. The van der Waals surface area contributed by atoms with Gasteiger partial charge in [-0.3, -0.25) is 4.79 Å². The molecule has 0 bridgehead atoms. The molecule has 0 saturated heterocycles. The number of carbonyl (C=O) groups excluding carboxylic acids is 1. The quantitative estimate of drug-likeness (QED) is 0.317. The Morgan fingerprint density at radius 3 is 2.81 bits per heavy atom. The van der Waals surface area contributed by atoms with Gasteiger partial charge >= 0.3 is 0 Å². The first kappa shape index (κ1) is 19.8. The number of nitrogens with zero attached hydrogens (tertiary/aromatic N) is 1. The van der Waals surface area contributed by atoms with Gasteiger partial charge in [-0.2, -0.15) is 0 Å². The molecule has 1 N–H and O–H groups in total. The first-order chi connectivity index (χ1) is 12.3. The summed E-state index contributed by atoms with van der Waals surface area (Å²) in [6.07, 6.45) is 7.72. The van der Waals surface area contributed by atoms with Crippen molar-refractivity contribution in [2.75, 3.05) is 0 Å². The summed E-state index contributed by atoms with van der Waals surface area (Å²) in [7, 11) is 0. The summed E-state index contributed by atoms with van der Waals surface area (Å²) in [5.41, 5.74) is 1.17. The smallest absolute Gasteiger partial charge is 0.207 e. The molecule has 4 heteroatoms. The summed E-state index contributed by atoms with van der Waals surface area (Å²) in [5, 5.41) is 5.81. The van der Waals surface area contributed by atoms with Gasteiger partial charge < -0.3 is 5.32 Å². The van der Waals surface area contributed by atoms with E-state index in [1.54, 1.807) is 0 Å². The average molecular weight is 375 g/mol. The van der Waals surface area contributed by atoms with Gasteiger partial charge in [0.05, 0.1) is 10.7 Å². The van der Waals surface area contributed by atoms with Crippen molar-refractivity contribution < 1.29 is 4.79 Å². The van der Waals surface area contributed by atoms with E-state index < -0.39 is 0 Å². The fourth-order valence-corrected chi connectivity index (χ4v) is 6.99. The number of hydrogen-bond acceptors (Lipinski definition) is 3. The highest BCUT2D eigenvalue weighted by atomic mass is 32.1. The lowest BCUT2D eigenvalue weighted by atomic mass is 9.45. The Labute approximate surface area is 164 Å². The number of thiocarbonyl (C=S) groups is 1. The van der Waals surface area contributed by atoms with Crippen LogP contribution in [-0.4, -0.2) is 22.6 Å². The Bertz CT molecular complexity index is 624. The Hall–Kier alpha value is -0.990. The summed E-state index contributed by atoms with van der Waals surface area (Å²) >= 11 is 5.10. The van der Waals surface area contributed by atoms with E-state index in [-0.39, 0.29) is 11.1 Å². The molecule has 0 aromatic rings. The molecule has 0 aliphatic heterocycles. The van der Waals surface area contributed by atoms with Crippen LogP contribution in [0.15, 0.2) is 17.1 Å². The van der Waals surface area contributed by atoms with Gasteiger partial charge in [0.15, 0.2) is 0 Å². The number of hydrogen-bond donors (Lipinski definition) is 1. The fraction of sp³-hybridized carbons (Fsp3) is 0.818. The summed E-state index contributed by atoms with van der Waals surface area (Å²) < 4.78 is 0. The molecule has 0 aromatic carbocycles. The van der Waals surface area contributed by atoms with Crippen molar-refractivity contribution in [3.05, 3.63) is 12.2 Å². The first-order valence-corrected chi connectivity index (χ1v) is 10.6. The molecular formula is C22H34N2OS. The minimum absolute atomic E-state index is 0.0499. The number of carbonyl (C=O) groups is 1. The number of isothiocyanates is 1. The highest BCUT2D eigenvalue weighted by molar-refractivity contribution is 7.78. The highest BCUT2D eigenvalue weighted by Gasteiger charge is 2.60. The maximum Gasteiger partial charge on any atom is 0.207 e. The predicted octanol–water partition coefficient (Wildman–Crippen LogP) is 5.03. The molecule has 3 fully saturated rings. The second kappa shape index (κ2) is 7.20. The van der Waals surface area contributed by atoms with Crippen molar-refractivity contribution >= 4 is 23.8 Å². The monoisotopic (exact) mass is 374 g/mol. The van der Waals surface area contributed by atoms with Crippen LogP contribution in [0.25, 0.3) is 0 Å². The molecule has 7 atom stereocenters. The molecule has 144 valence electrons. The zero-order chi connectivity index (χ0) is 19.1. The van der Waals surface area contributed by atoms with Crippen molar-refractivity contribution in [3.63, 3.8) is 0 Å². The number of nitrogens with one attached hydrogen (secondary N) is 1. The van der Waals surface area contributed by atoms with Crippen LogP contribution in [0.4, 0.5) is 0 Å². The van der Waals surface area contributed by atoms with Gasteiger partial charge in [-0.05, 0) is 100 Å². The minimum Gasteiger partial charge on any atom is -0.354 e. The SMILES string of the molecule is C=C1CC[C@@]2(N=C=S)[C@H]3[C@H](CC[C@@H]2C)[C@@H](C)C[C@@H](CC(C)(C)NC=O)[C@H]13. The van der Waals surface area contributed by atoms with Crippen molar-refractivity contribution in [2.24, 2.45) is 40.5 Å². The van der Waals surface area contributed by atoms with E-state index in [2.05, 4.69) is 44.8 Å². The summed E-state index contributed by atoms with van der Waals surface area (Å²) in [4.78, 5) is 15.9. The Kier molecular flexibility index (Phi) is 5.48. The Morgan fingerprint density at radius 1 is 1.42 bits per heavy atom. The molecule has 0 unspecified atom stereocenters. The number of allylic oxidation sites excluding steroid dienone is 1. The third kappa shape index (κ3) is 3.20. The largest absolute Gasteiger partial charge is 0.354 e. The summed E-state index contributed by atoms with van der Waals surface area (Å²) in [6.45, 7) is 13.6. The molecule has 3 aliphatic carbocycles. The normalized spacial score (nSPS) is 42.4. The molecule has 3 saturated carbocycles. The zero-order valence-corrected chi connectivity index (χ0v) is 17.6. The first-order valence-electron chi connectivity index (χ1n) is 10.2. The van der Waals surface area contributed by atoms with Gasteiger partial charge in [-0.15, -0.1) is 0 Å². The Morgan fingerprint density at radius 2 is 2.15 bits per heavy atom. The van der Waals surface area contributed by atoms with E-state index in [1.165, 1.54) is 24.8 Å². The molecule has 26 heavy (non-hydrogen) atoms. The fourth-order valence-electron chi connectivity index (χ4n) is 6.82. The van der Waals surface area contributed by atoms with Crippen LogP contribution >= 0.6 is 12.2 Å². The number of aliphatic imine (C=N–C) groups is 1. The maximum absolute atomic E-state index is 11.0. The van der Waals surface area contributed by atoms with Crippen molar-refractivity contribution in [1.82, 2.24) is 5.32 Å². The molecule has 0 radical (unpaired) electrons. The molecule has 0 heterocycles. The van der Waals surface area contributed by atoms with E-state index in [4.69, 9.17) is 17.2 Å². The molecule has 3 nitrogen and oxygen atoms in total. The lowest BCUT2D eigenvalue weighted by Gasteiger charge is -2.61. The van der Waals surface area contributed by atoms with Crippen molar-refractivity contribution in [3.8, 4) is 0 Å². The second-order valence-electron chi connectivity index (χ2n) is 9.87. The van der Waals surface area contributed by atoms with Crippen LogP contribution in [0.5, 0.6) is 0 Å². The van der Waals surface area contributed by atoms with Crippen LogP contribution < -0.4 is 5.32 Å². The van der Waals surface area contributed by atoms with Crippen LogP contribution in [-0.2, 0) is 4.79 Å². The third-order valence-electron chi connectivity index (χ3n) is 7.92. The van der Waals surface area contributed by atoms with Gasteiger partial charge in [-0.25, -0.2) is 4.99 Å². The molecule has 3 rings (SSSR count). The van der Waals surface area contributed by atoms with Gasteiger partial charge in [0, 0.05) is 5.54 Å². The number of rotatable bonds is 5. The van der Waals surface area contributed by atoms with Crippen LogP contribution in [0.1, 0.15) is 66.2 Å². The van der Waals surface area contributed by atoms with Crippen molar-refractivity contribution in [2.45, 2.75) is 77.3 Å². The second-order valence-corrected chi connectivity index (χ2v) is 10.1. The maximum atomic E-state index is 11.0. The zero-order valence-electron chi connectivity index (χ0n) is 16.8. The average Bonchev–Trinajstić information content (AvgIpc) is 2.55. The molecule has 0 spiro atoms. The van der Waals surface area contributed by atoms with E-state index >= 15 is 0 Å². The summed E-state index contributed by atoms with van der Waals surface area (Å²) in [6, 6.07) is 0. The lowest BCUT2D eigenvalue weighted by molar-refractivity contribution is -0.111. The van der Waals surface area contributed by atoms with Crippen LogP contribution in [0.3, 0.4) is 0 Å². The van der Waals surface area contributed by atoms with Crippen LogP contribution in [0.2, 0.25) is 0 Å². The highest BCUT2D eigenvalue weighted by Crippen LogP contribution is 2.62. The lowest BCUT2D eigenvalue weighted by Crippen LogP contribution is -2.60. The van der Waals surface area contributed by atoms with E-state index in [1.807, 2.05) is 0 Å². The molecular weight excluding hydrogens is 340 g/mol. The van der Waals surface area contributed by atoms with Gasteiger partial charge in [0.25, 0.3) is 0 Å². The molecule has 0 aromatic heterocycles. The molecule has 1 amide bonds. The number of amides is 1. The van der Waals surface area contributed by atoms with Crippen molar-refractivity contribution in [1.29, 1.82) is 0 Å². The van der Waals surface area contributed by atoms with Gasteiger partial charge in [0.2, 0.25) is 6.41 Å². The van der Waals surface area contributed by atoms with E-state index in [0.29, 0.717) is 35.5 Å². The van der Waals surface area contributed by atoms with Gasteiger partial charge in [-0.1, -0.05) is 26.0 Å². The van der Waals surface area contributed by atoms with E-state index in [9.17, 15) is 4.79 Å².